The highest BCUT2D eigenvalue weighted by Crippen LogP contribution is 2.10. The number of benzene rings is 2. The number of hydrogen-bond acceptors (Lipinski definition) is 4. The largest absolute Gasteiger partial charge is 0.465 e. The molecule has 0 aromatic heterocycles. The van der Waals surface area contributed by atoms with Crippen LogP contribution >= 0.6 is 0 Å². The van der Waals surface area contributed by atoms with E-state index in [2.05, 4.69) is 10.1 Å². The average molecular weight is 334 g/mol. The van der Waals surface area contributed by atoms with Crippen molar-refractivity contribution in [1.82, 2.24) is 5.32 Å². The summed E-state index contributed by atoms with van der Waals surface area (Å²) in [7, 11) is 1.31. The summed E-state index contributed by atoms with van der Waals surface area (Å²) in [5.41, 5.74) is 2.19. The first-order valence-corrected chi connectivity index (χ1v) is 7.76. The van der Waals surface area contributed by atoms with Crippen molar-refractivity contribution < 1.29 is 14.3 Å². The van der Waals surface area contributed by atoms with Gasteiger partial charge in [-0.25, -0.2) is 4.79 Å². The maximum Gasteiger partial charge on any atom is 0.337 e. The number of rotatable bonds is 6. The summed E-state index contributed by atoms with van der Waals surface area (Å²) in [6.45, 7) is 0.448. The summed E-state index contributed by atoms with van der Waals surface area (Å²) in [6.07, 6.45) is 2.18. The Kier molecular flexibility index (Phi) is 6.49. The Labute approximate surface area is 146 Å². The Bertz CT molecular complexity index is 803. The predicted octanol–water partition coefficient (Wildman–Crippen LogP) is 2.74. The number of esters is 1. The van der Waals surface area contributed by atoms with Gasteiger partial charge >= 0.3 is 5.97 Å². The van der Waals surface area contributed by atoms with Crippen molar-refractivity contribution in [3.8, 4) is 6.07 Å². The number of hydrogen-bond donors (Lipinski definition) is 1. The Morgan fingerprint density at radius 3 is 2.40 bits per heavy atom. The standard InChI is InChI=1S/C20H18N2O3/c1-25-20(24)17-9-7-16(8-10-17)13-18(14-21)19(23)22-12-11-15-5-3-2-4-6-15/h2-10,13H,11-12H2,1H3,(H,22,23)/b18-13+. The lowest BCUT2D eigenvalue weighted by Gasteiger charge is -2.05. The third-order valence-corrected chi connectivity index (χ3v) is 3.55. The Morgan fingerprint density at radius 2 is 1.80 bits per heavy atom. The minimum Gasteiger partial charge on any atom is -0.465 e. The van der Waals surface area contributed by atoms with E-state index in [-0.39, 0.29) is 5.57 Å². The van der Waals surface area contributed by atoms with Gasteiger partial charge in [-0.2, -0.15) is 5.26 Å². The molecular formula is C20H18N2O3. The molecule has 0 saturated heterocycles. The fourth-order valence-electron chi connectivity index (χ4n) is 2.21. The van der Waals surface area contributed by atoms with Crippen molar-refractivity contribution in [3.63, 3.8) is 0 Å². The first kappa shape index (κ1) is 18.0. The van der Waals surface area contributed by atoms with Crippen LogP contribution in [0.5, 0.6) is 0 Å². The molecule has 0 aliphatic carbocycles. The zero-order valence-corrected chi connectivity index (χ0v) is 13.9. The minimum absolute atomic E-state index is 0.0129. The molecule has 0 radical (unpaired) electrons. The van der Waals surface area contributed by atoms with Crippen LogP contribution in [0, 0.1) is 11.3 Å². The molecule has 0 aliphatic rings. The van der Waals surface area contributed by atoms with Gasteiger partial charge in [0.05, 0.1) is 12.7 Å². The van der Waals surface area contributed by atoms with Crippen LogP contribution in [-0.2, 0) is 16.0 Å². The second-order valence-corrected chi connectivity index (χ2v) is 5.27. The van der Waals surface area contributed by atoms with Crippen LogP contribution in [0.3, 0.4) is 0 Å². The van der Waals surface area contributed by atoms with Gasteiger partial charge in [0.15, 0.2) is 0 Å². The molecule has 0 spiro atoms. The molecule has 0 atom stereocenters. The van der Waals surface area contributed by atoms with Gasteiger partial charge in [0.25, 0.3) is 5.91 Å². The molecule has 5 heteroatoms. The average Bonchev–Trinajstić information content (AvgIpc) is 2.66. The Balaban J connectivity index is 1.98. The molecule has 0 aliphatic heterocycles. The van der Waals surface area contributed by atoms with E-state index in [0.29, 0.717) is 24.1 Å². The number of nitrogens with zero attached hydrogens (tertiary/aromatic N) is 1. The van der Waals surface area contributed by atoms with Gasteiger partial charge in [-0.1, -0.05) is 42.5 Å². The number of carbonyl (C=O) groups is 2. The van der Waals surface area contributed by atoms with E-state index in [1.54, 1.807) is 24.3 Å². The van der Waals surface area contributed by atoms with Gasteiger partial charge in [-0.05, 0) is 35.8 Å². The molecule has 1 N–H and O–H groups in total. The van der Waals surface area contributed by atoms with Gasteiger partial charge in [-0.3, -0.25) is 4.79 Å². The topological polar surface area (TPSA) is 79.2 Å². The van der Waals surface area contributed by atoms with Gasteiger partial charge in [0.2, 0.25) is 0 Å². The Hall–Kier alpha value is -3.39. The number of amides is 1. The molecular weight excluding hydrogens is 316 g/mol. The number of ether oxygens (including phenoxy) is 1. The normalized spacial score (nSPS) is 10.6. The predicted molar refractivity (Wildman–Crippen MR) is 94.5 cm³/mol. The van der Waals surface area contributed by atoms with Gasteiger partial charge in [0.1, 0.15) is 11.6 Å². The summed E-state index contributed by atoms with van der Waals surface area (Å²) in [6, 6.07) is 18.2. The minimum atomic E-state index is -0.435. The lowest BCUT2D eigenvalue weighted by Crippen LogP contribution is -2.26. The molecule has 2 aromatic rings. The third-order valence-electron chi connectivity index (χ3n) is 3.55. The van der Waals surface area contributed by atoms with Crippen LogP contribution in [0.25, 0.3) is 6.08 Å². The molecule has 5 nitrogen and oxygen atoms in total. The quantitative estimate of drug-likeness (QED) is 0.500. The van der Waals surface area contributed by atoms with Crippen molar-refractivity contribution in [1.29, 1.82) is 5.26 Å². The van der Waals surface area contributed by atoms with Gasteiger partial charge in [0, 0.05) is 6.54 Å². The second kappa shape index (κ2) is 9.04. The van der Waals surface area contributed by atoms with Gasteiger partial charge < -0.3 is 10.1 Å². The summed E-state index contributed by atoms with van der Waals surface area (Å²) in [5.74, 6) is -0.856. The number of nitriles is 1. The highest BCUT2D eigenvalue weighted by molar-refractivity contribution is 6.01. The van der Waals surface area contributed by atoms with Crippen LogP contribution in [0.4, 0.5) is 0 Å². The molecule has 25 heavy (non-hydrogen) atoms. The molecule has 2 aromatic carbocycles. The van der Waals surface area contributed by atoms with E-state index in [0.717, 1.165) is 5.56 Å². The molecule has 0 saturated carbocycles. The van der Waals surface area contributed by atoms with E-state index < -0.39 is 11.9 Å². The summed E-state index contributed by atoms with van der Waals surface area (Å²) >= 11 is 0. The Morgan fingerprint density at radius 1 is 1.12 bits per heavy atom. The highest BCUT2D eigenvalue weighted by atomic mass is 16.5. The second-order valence-electron chi connectivity index (χ2n) is 5.27. The van der Waals surface area contributed by atoms with Gasteiger partial charge in [-0.15, -0.1) is 0 Å². The summed E-state index contributed by atoms with van der Waals surface area (Å²) < 4.78 is 4.63. The van der Waals surface area contributed by atoms with Crippen molar-refractivity contribution in [3.05, 3.63) is 76.9 Å². The maximum absolute atomic E-state index is 12.1. The van der Waals surface area contributed by atoms with E-state index in [1.165, 1.54) is 13.2 Å². The molecule has 0 fully saturated rings. The maximum atomic E-state index is 12.1. The van der Waals surface area contributed by atoms with Crippen molar-refractivity contribution in [2.75, 3.05) is 13.7 Å². The van der Waals surface area contributed by atoms with E-state index >= 15 is 0 Å². The van der Waals surface area contributed by atoms with Crippen LogP contribution in [0.15, 0.2) is 60.2 Å². The number of nitrogens with one attached hydrogen (secondary N) is 1. The first-order chi connectivity index (χ1) is 12.1. The lowest BCUT2D eigenvalue weighted by molar-refractivity contribution is -0.117. The van der Waals surface area contributed by atoms with E-state index in [4.69, 9.17) is 0 Å². The number of methoxy groups -OCH3 is 1. The van der Waals surface area contributed by atoms with Crippen molar-refractivity contribution >= 4 is 18.0 Å². The van der Waals surface area contributed by atoms with Crippen LogP contribution < -0.4 is 5.32 Å². The monoisotopic (exact) mass is 334 g/mol. The first-order valence-electron chi connectivity index (χ1n) is 7.76. The molecule has 1 amide bonds. The molecule has 0 heterocycles. The fraction of sp³-hybridized carbons (Fsp3) is 0.150. The molecule has 0 unspecified atom stereocenters. The molecule has 126 valence electrons. The van der Waals surface area contributed by atoms with Crippen LogP contribution in [-0.4, -0.2) is 25.5 Å². The zero-order valence-electron chi connectivity index (χ0n) is 13.9. The highest BCUT2D eigenvalue weighted by Gasteiger charge is 2.09. The van der Waals surface area contributed by atoms with Crippen LogP contribution in [0.1, 0.15) is 21.5 Å². The third kappa shape index (κ3) is 5.33. The van der Waals surface area contributed by atoms with E-state index in [9.17, 15) is 14.9 Å². The van der Waals surface area contributed by atoms with Crippen molar-refractivity contribution in [2.45, 2.75) is 6.42 Å². The molecule has 0 bridgehead atoms. The smallest absolute Gasteiger partial charge is 0.337 e. The summed E-state index contributed by atoms with van der Waals surface area (Å²) in [4.78, 5) is 23.5. The molecule has 2 rings (SSSR count). The number of carbonyl (C=O) groups excluding carboxylic acids is 2. The summed E-state index contributed by atoms with van der Waals surface area (Å²) in [5, 5.41) is 11.9. The van der Waals surface area contributed by atoms with E-state index in [1.807, 2.05) is 36.4 Å². The fourth-order valence-corrected chi connectivity index (χ4v) is 2.21. The van der Waals surface area contributed by atoms with Crippen LogP contribution in [0.2, 0.25) is 0 Å². The lowest BCUT2D eigenvalue weighted by atomic mass is 10.1. The zero-order chi connectivity index (χ0) is 18.1. The van der Waals surface area contributed by atoms with Crippen molar-refractivity contribution in [2.24, 2.45) is 0 Å². The SMILES string of the molecule is COC(=O)c1ccc(/C=C(\C#N)C(=O)NCCc2ccccc2)cc1.